The zero-order chi connectivity index (χ0) is 11.1. The summed E-state index contributed by atoms with van der Waals surface area (Å²) in [5, 5.41) is 4.26. The van der Waals surface area contributed by atoms with Crippen molar-refractivity contribution in [2.75, 3.05) is 0 Å². The summed E-state index contributed by atoms with van der Waals surface area (Å²) in [6, 6.07) is 2.37. The number of hydrogen-bond acceptors (Lipinski definition) is 2. The molecule has 0 bridgehead atoms. The van der Waals surface area contributed by atoms with Crippen LogP contribution in [0.5, 0.6) is 0 Å². The fraction of sp³-hybridized carbons (Fsp3) is 0.455. The molecule has 2 aromatic rings. The second kappa shape index (κ2) is 3.37. The molecule has 0 radical (unpaired) electrons. The number of hydrogen-bond donors (Lipinski definition) is 0. The summed E-state index contributed by atoms with van der Waals surface area (Å²) in [5.74, 6) is 0. The summed E-state index contributed by atoms with van der Waals surface area (Å²) in [7, 11) is 1.88. The molecule has 16 heavy (non-hydrogen) atoms. The van der Waals surface area contributed by atoms with Crippen LogP contribution in [0.4, 0.5) is 0 Å². The molecule has 3 rings (SSSR count). The first kappa shape index (κ1) is 9.45. The van der Waals surface area contributed by atoms with E-state index in [1.54, 1.807) is 9.25 Å². The van der Waals surface area contributed by atoms with E-state index in [1.165, 1.54) is 0 Å². The third-order valence-electron chi connectivity index (χ3n) is 2.92. The molecule has 1 fully saturated rings. The third-order valence-corrected chi connectivity index (χ3v) is 2.92. The lowest BCUT2D eigenvalue weighted by molar-refractivity contribution is 0.641. The van der Waals surface area contributed by atoms with Crippen molar-refractivity contribution in [2.24, 2.45) is 7.05 Å². The molecule has 0 unspecified atom stereocenters. The van der Waals surface area contributed by atoms with Crippen molar-refractivity contribution in [2.45, 2.75) is 25.4 Å². The molecular formula is C11H14N4O. The Kier molecular flexibility index (Phi) is 1.99. The molecule has 5 heteroatoms. The first-order valence-electron chi connectivity index (χ1n) is 5.50. The van der Waals surface area contributed by atoms with Gasteiger partial charge in [0, 0.05) is 31.7 Å². The lowest BCUT2D eigenvalue weighted by Crippen LogP contribution is -2.23. The Morgan fingerprint density at radius 3 is 2.81 bits per heavy atom. The average molecular weight is 218 g/mol. The molecule has 0 saturated heterocycles. The van der Waals surface area contributed by atoms with E-state index in [4.69, 9.17) is 0 Å². The Bertz CT molecular complexity index is 559. The van der Waals surface area contributed by atoms with Crippen LogP contribution in [-0.2, 0) is 13.6 Å². The van der Waals surface area contributed by atoms with Gasteiger partial charge < -0.3 is 0 Å². The van der Waals surface area contributed by atoms with Gasteiger partial charge in [-0.15, -0.1) is 0 Å². The highest BCUT2D eigenvalue weighted by Gasteiger charge is 2.25. The van der Waals surface area contributed by atoms with Crippen LogP contribution < -0.4 is 5.69 Å². The maximum Gasteiger partial charge on any atom is 0.328 e. The lowest BCUT2D eigenvalue weighted by atomic mass is 10.4. The van der Waals surface area contributed by atoms with E-state index >= 15 is 0 Å². The van der Waals surface area contributed by atoms with Gasteiger partial charge in [-0.1, -0.05) is 0 Å². The van der Waals surface area contributed by atoms with Gasteiger partial charge in [0.15, 0.2) is 0 Å². The highest BCUT2D eigenvalue weighted by molar-refractivity contribution is 5.01. The molecule has 5 nitrogen and oxygen atoms in total. The Hall–Kier alpha value is -1.78. The molecule has 2 aromatic heterocycles. The maximum atomic E-state index is 12.0. The van der Waals surface area contributed by atoms with E-state index in [-0.39, 0.29) is 5.69 Å². The smallest absolute Gasteiger partial charge is 0.296 e. The van der Waals surface area contributed by atoms with Crippen molar-refractivity contribution < 1.29 is 0 Å². The topological polar surface area (TPSA) is 44.8 Å². The zero-order valence-electron chi connectivity index (χ0n) is 9.21. The van der Waals surface area contributed by atoms with Crippen LogP contribution in [0.3, 0.4) is 0 Å². The van der Waals surface area contributed by atoms with Gasteiger partial charge in [-0.05, 0) is 18.9 Å². The fourth-order valence-corrected chi connectivity index (χ4v) is 1.90. The van der Waals surface area contributed by atoms with Crippen LogP contribution in [0.2, 0.25) is 0 Å². The maximum absolute atomic E-state index is 12.0. The van der Waals surface area contributed by atoms with Crippen molar-refractivity contribution in [3.05, 3.63) is 40.8 Å². The van der Waals surface area contributed by atoms with Crippen LogP contribution in [0.1, 0.15) is 24.6 Å². The van der Waals surface area contributed by atoms with E-state index in [2.05, 4.69) is 5.10 Å². The quantitative estimate of drug-likeness (QED) is 0.763. The van der Waals surface area contributed by atoms with Crippen LogP contribution in [0, 0.1) is 0 Å². The van der Waals surface area contributed by atoms with E-state index in [1.807, 2.05) is 36.3 Å². The normalized spacial score (nSPS) is 15.6. The predicted octanol–water partition coefficient (Wildman–Crippen LogP) is 0.766. The largest absolute Gasteiger partial charge is 0.328 e. The number of aromatic nitrogens is 4. The van der Waals surface area contributed by atoms with Gasteiger partial charge in [0.1, 0.15) is 0 Å². The minimum absolute atomic E-state index is 0.0770. The first-order chi connectivity index (χ1) is 7.74. The molecule has 1 saturated carbocycles. The molecule has 84 valence electrons. The molecule has 0 spiro atoms. The second-order valence-corrected chi connectivity index (χ2v) is 4.33. The van der Waals surface area contributed by atoms with Crippen LogP contribution in [-0.4, -0.2) is 18.9 Å². The number of aryl methyl sites for hydroxylation is 1. The van der Waals surface area contributed by atoms with E-state index in [9.17, 15) is 4.79 Å². The number of nitrogens with zero attached hydrogens (tertiary/aromatic N) is 4. The van der Waals surface area contributed by atoms with E-state index in [0.717, 1.165) is 18.5 Å². The van der Waals surface area contributed by atoms with Gasteiger partial charge in [-0.3, -0.25) is 13.8 Å². The summed E-state index contributed by atoms with van der Waals surface area (Å²) in [5.41, 5.74) is 0.992. The van der Waals surface area contributed by atoms with Gasteiger partial charge in [-0.25, -0.2) is 4.79 Å². The van der Waals surface area contributed by atoms with E-state index < -0.39 is 0 Å². The molecule has 2 heterocycles. The molecule has 1 aliphatic carbocycles. The predicted molar refractivity (Wildman–Crippen MR) is 59.3 cm³/mol. The number of imidazole rings is 1. The summed E-state index contributed by atoms with van der Waals surface area (Å²) in [4.78, 5) is 12.0. The SMILES string of the molecule is Cn1ccc(Cn2ccn(C3CC3)c2=O)n1. The van der Waals surface area contributed by atoms with Crippen LogP contribution in [0.15, 0.2) is 29.5 Å². The molecule has 0 aliphatic heterocycles. The van der Waals surface area contributed by atoms with Gasteiger partial charge in [-0.2, -0.15) is 5.10 Å². The first-order valence-corrected chi connectivity index (χ1v) is 5.50. The molecule has 0 N–H and O–H groups in total. The molecule has 1 aliphatic rings. The Labute approximate surface area is 92.9 Å². The lowest BCUT2D eigenvalue weighted by Gasteiger charge is -1.98. The minimum atomic E-state index is 0.0770. The fourth-order valence-electron chi connectivity index (χ4n) is 1.90. The minimum Gasteiger partial charge on any atom is -0.296 e. The van der Waals surface area contributed by atoms with Gasteiger partial charge in [0.2, 0.25) is 0 Å². The van der Waals surface area contributed by atoms with Crippen LogP contribution in [0.25, 0.3) is 0 Å². The third kappa shape index (κ3) is 1.58. The van der Waals surface area contributed by atoms with Crippen molar-refractivity contribution in [3.63, 3.8) is 0 Å². The monoisotopic (exact) mass is 218 g/mol. The van der Waals surface area contributed by atoms with Gasteiger partial charge in [0.05, 0.1) is 12.2 Å². The van der Waals surface area contributed by atoms with Crippen molar-refractivity contribution in [1.29, 1.82) is 0 Å². The number of rotatable bonds is 3. The van der Waals surface area contributed by atoms with Crippen molar-refractivity contribution in [1.82, 2.24) is 18.9 Å². The van der Waals surface area contributed by atoms with Gasteiger partial charge in [0.25, 0.3) is 0 Å². The van der Waals surface area contributed by atoms with Crippen molar-refractivity contribution >= 4 is 0 Å². The van der Waals surface area contributed by atoms with Gasteiger partial charge >= 0.3 is 5.69 Å². The molecule has 0 atom stereocenters. The summed E-state index contributed by atoms with van der Waals surface area (Å²) < 4.78 is 5.28. The zero-order valence-corrected chi connectivity index (χ0v) is 9.21. The Balaban J connectivity index is 1.87. The van der Waals surface area contributed by atoms with Crippen molar-refractivity contribution in [3.8, 4) is 0 Å². The second-order valence-electron chi connectivity index (χ2n) is 4.33. The molecular weight excluding hydrogens is 204 g/mol. The van der Waals surface area contributed by atoms with E-state index in [0.29, 0.717) is 12.6 Å². The van der Waals surface area contributed by atoms with Crippen LogP contribution >= 0.6 is 0 Å². The summed E-state index contributed by atoms with van der Waals surface area (Å²) in [6.45, 7) is 0.555. The summed E-state index contributed by atoms with van der Waals surface area (Å²) >= 11 is 0. The Morgan fingerprint density at radius 2 is 2.19 bits per heavy atom. The average Bonchev–Trinajstić information content (AvgIpc) is 2.93. The Morgan fingerprint density at radius 1 is 1.38 bits per heavy atom. The molecule has 0 amide bonds. The summed E-state index contributed by atoms with van der Waals surface area (Å²) in [6.07, 6.45) is 7.87. The standard InChI is InChI=1S/C11H14N4O/c1-13-5-4-9(12-13)8-14-6-7-15(11(14)16)10-2-3-10/h4-7,10H,2-3,8H2,1H3. The highest BCUT2D eigenvalue weighted by Crippen LogP contribution is 2.33. The highest BCUT2D eigenvalue weighted by atomic mass is 16.1. The molecule has 0 aromatic carbocycles.